The van der Waals surface area contributed by atoms with Crippen molar-refractivity contribution in [3.05, 3.63) is 32.6 Å². The number of amides is 1. The molecule has 104 valence electrons. The molecule has 0 spiro atoms. The molecule has 1 aromatic rings. The van der Waals surface area contributed by atoms with Crippen molar-refractivity contribution in [2.45, 2.75) is 37.8 Å². The van der Waals surface area contributed by atoms with Crippen LogP contribution in [0.3, 0.4) is 0 Å². The fourth-order valence-corrected chi connectivity index (χ4v) is 2.45. The molecule has 7 heteroatoms. The molecule has 0 bridgehead atoms. The van der Waals surface area contributed by atoms with Gasteiger partial charge in [-0.2, -0.15) is 0 Å². The molecule has 19 heavy (non-hydrogen) atoms. The van der Waals surface area contributed by atoms with Gasteiger partial charge in [-0.25, -0.2) is 4.79 Å². The van der Waals surface area contributed by atoms with Crippen LogP contribution >= 0.6 is 0 Å². The summed E-state index contributed by atoms with van der Waals surface area (Å²) in [6, 6.07) is -0.285. The van der Waals surface area contributed by atoms with E-state index in [1.165, 1.54) is 4.90 Å². The van der Waals surface area contributed by atoms with Crippen molar-refractivity contribution in [3.63, 3.8) is 0 Å². The minimum absolute atomic E-state index is 0.125. The molecule has 0 aromatic carbocycles. The second-order valence-electron chi connectivity index (χ2n) is 4.82. The number of H-pyrrole nitrogens is 2. The molecular weight excluding hydrogens is 250 g/mol. The van der Waals surface area contributed by atoms with E-state index in [4.69, 9.17) is 0 Å². The molecule has 1 amide bonds. The molecule has 3 N–H and O–H groups in total. The van der Waals surface area contributed by atoms with Crippen molar-refractivity contribution in [2.24, 2.45) is 0 Å². The van der Waals surface area contributed by atoms with Gasteiger partial charge in [-0.3, -0.25) is 14.6 Å². The first kappa shape index (κ1) is 13.5. The Morgan fingerprint density at radius 2 is 2.05 bits per heavy atom. The number of aliphatic hydroxyl groups excluding tert-OH is 1. The molecule has 0 saturated heterocycles. The summed E-state index contributed by atoms with van der Waals surface area (Å²) >= 11 is 0. The molecule has 1 aromatic heterocycles. The third kappa shape index (κ3) is 2.76. The van der Waals surface area contributed by atoms with E-state index in [0.717, 1.165) is 19.0 Å². The quantitative estimate of drug-likeness (QED) is 0.667. The Bertz CT molecular complexity index is 577. The lowest BCUT2D eigenvalue weighted by Crippen LogP contribution is -2.47. The summed E-state index contributed by atoms with van der Waals surface area (Å²) in [5.41, 5.74) is -1.49. The van der Waals surface area contributed by atoms with Crippen LogP contribution in [0, 0.1) is 0 Å². The Kier molecular flexibility index (Phi) is 3.84. The van der Waals surface area contributed by atoms with E-state index in [0.29, 0.717) is 12.8 Å². The van der Waals surface area contributed by atoms with Crippen LogP contribution in [0.15, 0.2) is 15.8 Å². The highest BCUT2D eigenvalue weighted by Crippen LogP contribution is 2.22. The number of rotatable bonds is 2. The fourth-order valence-electron chi connectivity index (χ4n) is 2.45. The maximum atomic E-state index is 12.2. The number of aromatic nitrogens is 2. The molecule has 7 nitrogen and oxygen atoms in total. The average molecular weight is 267 g/mol. The summed E-state index contributed by atoms with van der Waals surface area (Å²) in [6.07, 6.45) is 3.80. The highest BCUT2D eigenvalue weighted by molar-refractivity contribution is 5.93. The maximum Gasteiger partial charge on any atom is 0.325 e. The molecule has 1 saturated carbocycles. The third-order valence-electron chi connectivity index (χ3n) is 3.56. The van der Waals surface area contributed by atoms with Crippen LogP contribution in [0.2, 0.25) is 0 Å². The lowest BCUT2D eigenvalue weighted by molar-refractivity contribution is 0.0266. The summed E-state index contributed by atoms with van der Waals surface area (Å²) < 4.78 is 0. The molecule has 0 aliphatic heterocycles. The number of aromatic amines is 2. The van der Waals surface area contributed by atoms with Gasteiger partial charge in [0, 0.05) is 13.2 Å². The van der Waals surface area contributed by atoms with E-state index < -0.39 is 23.3 Å². The van der Waals surface area contributed by atoms with Gasteiger partial charge in [0.2, 0.25) is 0 Å². The number of aliphatic hydroxyl groups is 1. The van der Waals surface area contributed by atoms with Crippen LogP contribution in [-0.2, 0) is 0 Å². The largest absolute Gasteiger partial charge is 0.391 e. The minimum atomic E-state index is -0.717. The number of hydrogen-bond acceptors (Lipinski definition) is 4. The lowest BCUT2D eigenvalue weighted by Gasteiger charge is -2.35. The van der Waals surface area contributed by atoms with Gasteiger partial charge in [0.25, 0.3) is 11.5 Å². The molecule has 1 aliphatic rings. The Morgan fingerprint density at radius 1 is 1.37 bits per heavy atom. The second kappa shape index (κ2) is 5.40. The molecule has 1 heterocycles. The van der Waals surface area contributed by atoms with Gasteiger partial charge in [0.05, 0.1) is 12.1 Å². The van der Waals surface area contributed by atoms with Crippen LogP contribution in [-0.4, -0.2) is 45.1 Å². The van der Waals surface area contributed by atoms with Gasteiger partial charge in [0.15, 0.2) is 0 Å². The summed E-state index contributed by atoms with van der Waals surface area (Å²) in [5, 5.41) is 9.91. The van der Waals surface area contributed by atoms with E-state index in [1.54, 1.807) is 7.05 Å². The number of nitrogens with zero attached hydrogens (tertiary/aromatic N) is 1. The average Bonchev–Trinajstić information content (AvgIpc) is 2.38. The molecular formula is C12H17N3O4. The smallest absolute Gasteiger partial charge is 0.325 e. The van der Waals surface area contributed by atoms with Crippen LogP contribution < -0.4 is 11.2 Å². The predicted molar refractivity (Wildman–Crippen MR) is 68.0 cm³/mol. The second-order valence-corrected chi connectivity index (χ2v) is 4.82. The zero-order chi connectivity index (χ0) is 14.0. The first-order valence-electron chi connectivity index (χ1n) is 6.28. The van der Waals surface area contributed by atoms with Gasteiger partial charge in [0.1, 0.15) is 5.56 Å². The number of carbonyl (C=O) groups is 1. The van der Waals surface area contributed by atoms with Crippen LogP contribution in [0.1, 0.15) is 36.0 Å². The van der Waals surface area contributed by atoms with Crippen LogP contribution in [0.25, 0.3) is 0 Å². The zero-order valence-corrected chi connectivity index (χ0v) is 10.7. The van der Waals surface area contributed by atoms with Gasteiger partial charge in [-0.05, 0) is 12.8 Å². The van der Waals surface area contributed by atoms with Crippen LogP contribution in [0.4, 0.5) is 0 Å². The minimum Gasteiger partial charge on any atom is -0.391 e. The summed E-state index contributed by atoms with van der Waals surface area (Å²) in [6.45, 7) is 0. The van der Waals surface area contributed by atoms with Crippen molar-refractivity contribution in [3.8, 4) is 0 Å². The lowest BCUT2D eigenvalue weighted by atomic mass is 9.91. The normalized spacial score (nSPS) is 23.1. The highest BCUT2D eigenvalue weighted by atomic mass is 16.3. The number of likely N-dealkylation sites (N-methyl/N-ethyl adjacent to an activating group) is 1. The van der Waals surface area contributed by atoms with E-state index in [9.17, 15) is 19.5 Å². The van der Waals surface area contributed by atoms with Crippen LogP contribution in [0.5, 0.6) is 0 Å². The van der Waals surface area contributed by atoms with E-state index in [-0.39, 0.29) is 11.6 Å². The van der Waals surface area contributed by atoms with Crippen molar-refractivity contribution >= 4 is 5.91 Å². The summed E-state index contributed by atoms with van der Waals surface area (Å²) in [7, 11) is 1.56. The molecule has 2 atom stereocenters. The van der Waals surface area contributed by atoms with Crippen molar-refractivity contribution in [1.82, 2.24) is 14.9 Å². The van der Waals surface area contributed by atoms with Crippen molar-refractivity contribution < 1.29 is 9.90 Å². The maximum absolute atomic E-state index is 12.2. The van der Waals surface area contributed by atoms with E-state index in [2.05, 4.69) is 4.98 Å². The van der Waals surface area contributed by atoms with Gasteiger partial charge < -0.3 is 15.0 Å². The van der Waals surface area contributed by atoms with Gasteiger partial charge in [-0.15, -0.1) is 0 Å². The first-order chi connectivity index (χ1) is 9.00. The SMILES string of the molecule is CN(C(=O)c1c[nH]c(=O)[nH]c1=O)C1CCCCC1O. The summed E-state index contributed by atoms with van der Waals surface area (Å²) in [4.78, 5) is 40.3. The summed E-state index contributed by atoms with van der Waals surface area (Å²) in [5.74, 6) is -0.497. The van der Waals surface area contributed by atoms with Crippen molar-refractivity contribution in [1.29, 1.82) is 0 Å². The Hall–Kier alpha value is -1.89. The molecule has 1 aliphatic carbocycles. The first-order valence-corrected chi connectivity index (χ1v) is 6.28. The fraction of sp³-hybridized carbons (Fsp3) is 0.583. The molecule has 0 radical (unpaired) electrons. The zero-order valence-electron chi connectivity index (χ0n) is 10.7. The van der Waals surface area contributed by atoms with Gasteiger partial charge >= 0.3 is 5.69 Å². The number of hydrogen-bond donors (Lipinski definition) is 3. The number of nitrogens with one attached hydrogen (secondary N) is 2. The molecule has 2 rings (SSSR count). The third-order valence-corrected chi connectivity index (χ3v) is 3.56. The van der Waals surface area contributed by atoms with E-state index in [1.807, 2.05) is 4.98 Å². The van der Waals surface area contributed by atoms with Crippen molar-refractivity contribution in [2.75, 3.05) is 7.05 Å². The highest BCUT2D eigenvalue weighted by Gasteiger charge is 2.30. The predicted octanol–water partition coefficient (Wildman–Crippen LogP) is -0.561. The number of carbonyl (C=O) groups excluding carboxylic acids is 1. The molecule has 1 fully saturated rings. The van der Waals surface area contributed by atoms with Gasteiger partial charge in [-0.1, -0.05) is 12.8 Å². The topological polar surface area (TPSA) is 106 Å². The standard InChI is InChI=1S/C12H17N3O4/c1-15(8-4-2-3-5-9(8)16)11(18)7-6-13-12(19)14-10(7)17/h6,8-9,16H,2-5H2,1H3,(H2,13,14,17,19). The van der Waals surface area contributed by atoms with E-state index >= 15 is 0 Å². The molecule has 2 unspecified atom stereocenters. The Balaban J connectivity index is 2.23. The Morgan fingerprint density at radius 3 is 2.68 bits per heavy atom. The monoisotopic (exact) mass is 267 g/mol. The Labute approximate surface area is 109 Å².